The molecule has 0 fully saturated rings. The van der Waals surface area contributed by atoms with Gasteiger partial charge in [0.05, 0.1) is 4.90 Å². The second kappa shape index (κ2) is 5.48. The number of hydrogen-bond donors (Lipinski definition) is 0. The molecule has 0 aromatic heterocycles. The van der Waals surface area contributed by atoms with Crippen LogP contribution in [0.1, 0.15) is 37.3 Å². The molecule has 0 amide bonds. The Kier molecular flexibility index (Phi) is 4.54. The maximum absolute atomic E-state index is 11.7. The van der Waals surface area contributed by atoms with E-state index in [1.807, 2.05) is 25.1 Å². The summed E-state index contributed by atoms with van der Waals surface area (Å²) in [6.07, 6.45) is 5.51. The lowest BCUT2D eigenvalue weighted by molar-refractivity contribution is 0.599. The average Bonchev–Trinajstić information content (AvgIpc) is 2.16. The highest BCUT2D eigenvalue weighted by molar-refractivity contribution is 7.90. The standard InChI is InChI=1S/C13H20O2S/c1-4-5-6-9-12-10-7-8-11(2)13(12)16(3,14)15/h7-8,10H,4-6,9H2,1-3H3. The summed E-state index contributed by atoms with van der Waals surface area (Å²) in [5.74, 6) is 0. The van der Waals surface area contributed by atoms with Crippen LogP contribution >= 0.6 is 0 Å². The first kappa shape index (κ1) is 13.2. The van der Waals surface area contributed by atoms with Crippen molar-refractivity contribution in [3.63, 3.8) is 0 Å². The normalized spacial score (nSPS) is 11.7. The fourth-order valence-electron chi connectivity index (χ4n) is 2.01. The Morgan fingerprint density at radius 1 is 1.19 bits per heavy atom. The number of hydrogen-bond acceptors (Lipinski definition) is 2. The maximum Gasteiger partial charge on any atom is 0.176 e. The van der Waals surface area contributed by atoms with E-state index in [1.165, 1.54) is 6.26 Å². The van der Waals surface area contributed by atoms with E-state index in [2.05, 4.69) is 6.92 Å². The zero-order valence-electron chi connectivity index (χ0n) is 10.3. The largest absolute Gasteiger partial charge is 0.224 e. The van der Waals surface area contributed by atoms with Crippen molar-refractivity contribution in [2.24, 2.45) is 0 Å². The zero-order chi connectivity index (χ0) is 12.2. The molecule has 0 saturated carbocycles. The Morgan fingerprint density at radius 2 is 1.88 bits per heavy atom. The van der Waals surface area contributed by atoms with Gasteiger partial charge in [0.2, 0.25) is 0 Å². The smallest absolute Gasteiger partial charge is 0.176 e. The van der Waals surface area contributed by atoms with Gasteiger partial charge < -0.3 is 0 Å². The molecule has 16 heavy (non-hydrogen) atoms. The van der Waals surface area contributed by atoms with Gasteiger partial charge in [-0.3, -0.25) is 0 Å². The fraction of sp³-hybridized carbons (Fsp3) is 0.538. The SMILES string of the molecule is CCCCCc1cccc(C)c1S(C)(=O)=O. The van der Waals surface area contributed by atoms with Crippen molar-refractivity contribution in [2.75, 3.05) is 6.26 Å². The van der Waals surface area contributed by atoms with Gasteiger partial charge in [-0.25, -0.2) is 8.42 Å². The fourth-order valence-corrected chi connectivity index (χ4v) is 3.31. The number of sulfone groups is 1. The van der Waals surface area contributed by atoms with Crippen LogP contribution in [0.3, 0.4) is 0 Å². The molecule has 0 saturated heterocycles. The minimum atomic E-state index is -3.10. The third kappa shape index (κ3) is 3.34. The Hall–Kier alpha value is -0.830. The summed E-state index contributed by atoms with van der Waals surface area (Å²) >= 11 is 0. The lowest BCUT2D eigenvalue weighted by Crippen LogP contribution is -2.05. The van der Waals surface area contributed by atoms with E-state index in [0.29, 0.717) is 4.90 Å². The van der Waals surface area contributed by atoms with E-state index >= 15 is 0 Å². The molecule has 0 bridgehead atoms. The highest BCUT2D eigenvalue weighted by Crippen LogP contribution is 2.22. The average molecular weight is 240 g/mol. The summed E-state index contributed by atoms with van der Waals surface area (Å²) in [4.78, 5) is 0.533. The van der Waals surface area contributed by atoms with E-state index in [1.54, 1.807) is 0 Å². The third-order valence-corrected chi connectivity index (χ3v) is 4.04. The predicted molar refractivity (Wildman–Crippen MR) is 67.5 cm³/mol. The Labute approximate surface area is 98.6 Å². The van der Waals surface area contributed by atoms with Crippen molar-refractivity contribution in [3.8, 4) is 0 Å². The number of unbranched alkanes of at least 4 members (excludes halogenated alkanes) is 2. The molecule has 0 heterocycles. The van der Waals surface area contributed by atoms with E-state index < -0.39 is 9.84 Å². The molecule has 2 nitrogen and oxygen atoms in total. The number of rotatable bonds is 5. The molecule has 0 N–H and O–H groups in total. The molecule has 1 aromatic rings. The monoisotopic (exact) mass is 240 g/mol. The lowest BCUT2D eigenvalue weighted by atomic mass is 10.1. The van der Waals surface area contributed by atoms with E-state index in [0.717, 1.165) is 36.8 Å². The van der Waals surface area contributed by atoms with Crippen LogP contribution in [0, 0.1) is 6.92 Å². The minimum Gasteiger partial charge on any atom is -0.224 e. The first-order chi connectivity index (χ1) is 7.46. The molecule has 1 aromatic carbocycles. The summed E-state index contributed by atoms with van der Waals surface area (Å²) in [6.45, 7) is 4.01. The first-order valence-electron chi connectivity index (χ1n) is 5.75. The van der Waals surface area contributed by atoms with Crippen LogP contribution in [0.25, 0.3) is 0 Å². The summed E-state index contributed by atoms with van der Waals surface area (Å²) in [5.41, 5.74) is 1.83. The van der Waals surface area contributed by atoms with Crippen molar-refractivity contribution in [1.29, 1.82) is 0 Å². The van der Waals surface area contributed by atoms with Gasteiger partial charge in [-0.1, -0.05) is 38.0 Å². The molecule has 0 spiro atoms. The molecule has 0 atom stereocenters. The molecule has 0 aliphatic heterocycles. The van der Waals surface area contributed by atoms with Crippen LogP contribution in [0.5, 0.6) is 0 Å². The summed E-state index contributed by atoms with van der Waals surface area (Å²) in [5, 5.41) is 0. The van der Waals surface area contributed by atoms with E-state index in [-0.39, 0.29) is 0 Å². The van der Waals surface area contributed by atoms with Crippen LogP contribution in [-0.2, 0) is 16.3 Å². The Bertz CT molecular complexity index is 447. The van der Waals surface area contributed by atoms with Crippen molar-refractivity contribution in [2.45, 2.75) is 44.4 Å². The first-order valence-corrected chi connectivity index (χ1v) is 7.64. The van der Waals surface area contributed by atoms with Crippen LogP contribution in [0.4, 0.5) is 0 Å². The van der Waals surface area contributed by atoms with Gasteiger partial charge in [0.15, 0.2) is 9.84 Å². The van der Waals surface area contributed by atoms with Crippen molar-refractivity contribution in [1.82, 2.24) is 0 Å². The summed E-state index contributed by atoms with van der Waals surface area (Å²) < 4.78 is 23.4. The molecule has 0 aliphatic rings. The Morgan fingerprint density at radius 3 is 2.44 bits per heavy atom. The molecular formula is C13H20O2S. The van der Waals surface area contributed by atoms with Gasteiger partial charge in [0.25, 0.3) is 0 Å². The van der Waals surface area contributed by atoms with Gasteiger partial charge >= 0.3 is 0 Å². The van der Waals surface area contributed by atoms with Crippen LogP contribution in [0.2, 0.25) is 0 Å². The highest BCUT2D eigenvalue weighted by Gasteiger charge is 2.15. The van der Waals surface area contributed by atoms with Gasteiger partial charge in [0, 0.05) is 6.26 Å². The van der Waals surface area contributed by atoms with Gasteiger partial charge in [-0.15, -0.1) is 0 Å². The van der Waals surface area contributed by atoms with Gasteiger partial charge in [0.1, 0.15) is 0 Å². The van der Waals surface area contributed by atoms with Crippen LogP contribution < -0.4 is 0 Å². The molecular weight excluding hydrogens is 220 g/mol. The minimum absolute atomic E-state index is 0.533. The lowest BCUT2D eigenvalue weighted by Gasteiger charge is -2.10. The number of benzene rings is 1. The van der Waals surface area contributed by atoms with Crippen LogP contribution in [0.15, 0.2) is 23.1 Å². The quantitative estimate of drug-likeness (QED) is 0.741. The van der Waals surface area contributed by atoms with Crippen LogP contribution in [-0.4, -0.2) is 14.7 Å². The molecule has 0 radical (unpaired) electrons. The highest BCUT2D eigenvalue weighted by atomic mass is 32.2. The van der Waals surface area contributed by atoms with Crippen molar-refractivity contribution in [3.05, 3.63) is 29.3 Å². The number of aryl methyl sites for hydroxylation is 2. The van der Waals surface area contributed by atoms with E-state index in [9.17, 15) is 8.42 Å². The maximum atomic E-state index is 11.7. The molecule has 0 unspecified atom stereocenters. The molecule has 0 aliphatic carbocycles. The Balaban J connectivity index is 3.04. The van der Waals surface area contributed by atoms with Gasteiger partial charge in [-0.05, 0) is 30.9 Å². The second-order valence-electron chi connectivity index (χ2n) is 4.29. The van der Waals surface area contributed by atoms with Crippen molar-refractivity contribution < 1.29 is 8.42 Å². The zero-order valence-corrected chi connectivity index (χ0v) is 11.1. The molecule has 1 rings (SSSR count). The second-order valence-corrected chi connectivity index (χ2v) is 6.25. The molecule has 90 valence electrons. The summed E-state index contributed by atoms with van der Waals surface area (Å²) in [6, 6.07) is 5.73. The predicted octanol–water partition coefficient (Wildman–Crippen LogP) is 3.13. The topological polar surface area (TPSA) is 34.1 Å². The van der Waals surface area contributed by atoms with Crippen molar-refractivity contribution >= 4 is 9.84 Å². The molecule has 3 heteroatoms. The third-order valence-electron chi connectivity index (χ3n) is 2.71. The summed E-state index contributed by atoms with van der Waals surface area (Å²) in [7, 11) is -3.10. The van der Waals surface area contributed by atoms with Gasteiger partial charge in [-0.2, -0.15) is 0 Å². The van der Waals surface area contributed by atoms with E-state index in [4.69, 9.17) is 0 Å².